The molecule has 0 bridgehead atoms. The number of halogens is 1. The number of anilines is 2. The number of hydrogen-bond acceptors (Lipinski definition) is 7. The van der Waals surface area contributed by atoms with Crippen molar-refractivity contribution < 1.29 is 9.21 Å². The minimum absolute atomic E-state index is 0.135. The van der Waals surface area contributed by atoms with Gasteiger partial charge in [-0.3, -0.25) is 9.69 Å². The first-order chi connectivity index (χ1) is 14.0. The molecule has 2 aliphatic heterocycles. The molecule has 0 aliphatic carbocycles. The highest BCUT2D eigenvalue weighted by Crippen LogP contribution is 2.35. The lowest BCUT2D eigenvalue weighted by molar-refractivity contribution is 0.0996. The Morgan fingerprint density at radius 2 is 2.07 bits per heavy atom. The fourth-order valence-electron chi connectivity index (χ4n) is 3.94. The van der Waals surface area contributed by atoms with Gasteiger partial charge in [0.05, 0.1) is 12.1 Å². The van der Waals surface area contributed by atoms with E-state index in [1.165, 1.54) is 0 Å². The molecule has 0 radical (unpaired) electrons. The second kappa shape index (κ2) is 6.81. The van der Waals surface area contributed by atoms with Crippen molar-refractivity contribution in [3.05, 3.63) is 46.4 Å². The summed E-state index contributed by atoms with van der Waals surface area (Å²) in [7, 11) is 0. The van der Waals surface area contributed by atoms with Gasteiger partial charge >= 0.3 is 0 Å². The Kier molecular flexibility index (Phi) is 4.24. The van der Waals surface area contributed by atoms with Crippen molar-refractivity contribution in [1.29, 1.82) is 0 Å². The summed E-state index contributed by atoms with van der Waals surface area (Å²) in [5.74, 6) is 1.91. The van der Waals surface area contributed by atoms with Gasteiger partial charge in [0, 0.05) is 25.1 Å². The number of rotatable bonds is 3. The van der Waals surface area contributed by atoms with E-state index in [-0.39, 0.29) is 5.91 Å². The number of aromatic nitrogens is 4. The van der Waals surface area contributed by atoms with Crippen molar-refractivity contribution in [2.75, 3.05) is 16.3 Å². The van der Waals surface area contributed by atoms with Crippen LogP contribution in [0.4, 0.5) is 11.6 Å². The number of hydrogen-bond donors (Lipinski definition) is 0. The lowest BCUT2D eigenvalue weighted by Gasteiger charge is -2.23. The monoisotopic (exact) mass is 410 g/mol. The normalized spacial score (nSPS) is 18.6. The van der Waals surface area contributed by atoms with Crippen LogP contribution in [0.1, 0.15) is 41.6 Å². The number of carbonyl (C=O) groups excluding carboxylic acids is 1. The Hall–Kier alpha value is -3.00. The average molecular weight is 411 g/mol. The molecule has 1 saturated heterocycles. The van der Waals surface area contributed by atoms with Crippen LogP contribution in [-0.2, 0) is 6.54 Å². The minimum Gasteiger partial charge on any atom is -0.420 e. The van der Waals surface area contributed by atoms with Crippen LogP contribution in [-0.4, -0.2) is 38.7 Å². The number of fused-ring (bicyclic) bond motifs is 1. The Morgan fingerprint density at radius 3 is 2.79 bits per heavy atom. The summed E-state index contributed by atoms with van der Waals surface area (Å²) in [6.07, 6.45) is 2.23. The number of pyridine rings is 2. The molecule has 148 valence electrons. The van der Waals surface area contributed by atoms with Crippen LogP contribution in [0.5, 0.6) is 0 Å². The second-order valence-corrected chi connectivity index (χ2v) is 7.74. The molecular formula is C20H19ClN6O2. The molecule has 0 saturated carbocycles. The van der Waals surface area contributed by atoms with E-state index in [9.17, 15) is 4.79 Å². The van der Waals surface area contributed by atoms with E-state index in [1.807, 2.05) is 12.1 Å². The van der Waals surface area contributed by atoms with Gasteiger partial charge in [-0.05, 0) is 38.0 Å². The van der Waals surface area contributed by atoms with Gasteiger partial charge in [0.2, 0.25) is 5.89 Å². The molecule has 1 amide bonds. The number of amides is 1. The van der Waals surface area contributed by atoms with E-state index in [0.29, 0.717) is 46.6 Å². The SMILES string of the molecule is Cc1nnc(-c2cccc(N3Cc4c(cc(N5CCCC5C)nc4Cl)C3=O)n2)o1. The zero-order valence-electron chi connectivity index (χ0n) is 16.1. The molecule has 3 aromatic rings. The highest BCUT2D eigenvalue weighted by Gasteiger charge is 2.34. The van der Waals surface area contributed by atoms with Gasteiger partial charge in [0.15, 0.2) is 0 Å². The van der Waals surface area contributed by atoms with Crippen LogP contribution in [0.3, 0.4) is 0 Å². The quantitative estimate of drug-likeness (QED) is 0.609. The topological polar surface area (TPSA) is 88.3 Å². The molecule has 5 heterocycles. The fraction of sp³-hybridized carbons (Fsp3) is 0.350. The Morgan fingerprint density at radius 1 is 1.21 bits per heavy atom. The van der Waals surface area contributed by atoms with Gasteiger partial charge in [0.1, 0.15) is 22.5 Å². The molecular weight excluding hydrogens is 392 g/mol. The van der Waals surface area contributed by atoms with E-state index in [2.05, 4.69) is 32.0 Å². The smallest absolute Gasteiger partial charge is 0.266 e. The summed E-state index contributed by atoms with van der Waals surface area (Å²) < 4.78 is 5.45. The van der Waals surface area contributed by atoms with Gasteiger partial charge in [-0.15, -0.1) is 10.2 Å². The molecule has 1 atom stereocenters. The third kappa shape index (κ3) is 3.04. The lowest BCUT2D eigenvalue weighted by atomic mass is 10.1. The van der Waals surface area contributed by atoms with Crippen LogP contribution in [0.15, 0.2) is 28.7 Å². The molecule has 9 heteroatoms. The summed E-state index contributed by atoms with van der Waals surface area (Å²) >= 11 is 6.48. The van der Waals surface area contributed by atoms with Crippen molar-refractivity contribution in [3.8, 4) is 11.6 Å². The van der Waals surface area contributed by atoms with Crippen molar-refractivity contribution >= 4 is 29.1 Å². The highest BCUT2D eigenvalue weighted by molar-refractivity contribution is 6.31. The predicted molar refractivity (Wildman–Crippen MR) is 108 cm³/mol. The van der Waals surface area contributed by atoms with Crippen LogP contribution in [0, 0.1) is 6.92 Å². The zero-order valence-corrected chi connectivity index (χ0v) is 16.8. The first-order valence-electron chi connectivity index (χ1n) is 9.56. The molecule has 8 nitrogen and oxygen atoms in total. The molecule has 0 N–H and O–H groups in total. The lowest BCUT2D eigenvalue weighted by Crippen LogP contribution is -2.27. The highest BCUT2D eigenvalue weighted by atomic mass is 35.5. The number of nitrogens with zero attached hydrogens (tertiary/aromatic N) is 6. The minimum atomic E-state index is -0.135. The van der Waals surface area contributed by atoms with E-state index >= 15 is 0 Å². The first-order valence-corrected chi connectivity index (χ1v) is 9.94. The van der Waals surface area contributed by atoms with Gasteiger partial charge in [-0.1, -0.05) is 17.7 Å². The van der Waals surface area contributed by atoms with Crippen molar-refractivity contribution in [1.82, 2.24) is 20.2 Å². The third-order valence-electron chi connectivity index (χ3n) is 5.46. The largest absolute Gasteiger partial charge is 0.420 e. The zero-order chi connectivity index (χ0) is 20.1. The van der Waals surface area contributed by atoms with E-state index in [0.717, 1.165) is 30.8 Å². The van der Waals surface area contributed by atoms with Crippen LogP contribution in [0.25, 0.3) is 11.6 Å². The summed E-state index contributed by atoms with van der Waals surface area (Å²) in [6, 6.07) is 7.61. The summed E-state index contributed by atoms with van der Waals surface area (Å²) in [5.41, 5.74) is 1.83. The maximum absolute atomic E-state index is 13.2. The number of carbonyl (C=O) groups is 1. The molecule has 0 aromatic carbocycles. The van der Waals surface area contributed by atoms with Crippen molar-refractivity contribution in [2.45, 2.75) is 39.3 Å². The maximum atomic E-state index is 13.2. The molecule has 0 spiro atoms. The fourth-order valence-corrected chi connectivity index (χ4v) is 4.19. The molecule has 5 rings (SSSR count). The van der Waals surface area contributed by atoms with Crippen molar-refractivity contribution in [2.24, 2.45) is 0 Å². The number of aryl methyl sites for hydroxylation is 1. The summed E-state index contributed by atoms with van der Waals surface area (Å²) in [6.45, 7) is 5.14. The van der Waals surface area contributed by atoms with Crippen LogP contribution < -0.4 is 9.80 Å². The van der Waals surface area contributed by atoms with Crippen LogP contribution >= 0.6 is 11.6 Å². The average Bonchev–Trinajstić information content (AvgIpc) is 3.42. The Bertz CT molecular complexity index is 1110. The van der Waals surface area contributed by atoms with Crippen LogP contribution in [0.2, 0.25) is 5.15 Å². The Balaban J connectivity index is 1.49. The Labute approximate surface area is 172 Å². The second-order valence-electron chi connectivity index (χ2n) is 7.38. The van der Waals surface area contributed by atoms with E-state index in [1.54, 1.807) is 24.0 Å². The van der Waals surface area contributed by atoms with Gasteiger partial charge < -0.3 is 9.32 Å². The third-order valence-corrected chi connectivity index (χ3v) is 5.77. The van der Waals surface area contributed by atoms with Crippen molar-refractivity contribution in [3.63, 3.8) is 0 Å². The molecule has 1 unspecified atom stereocenters. The predicted octanol–water partition coefficient (Wildman–Crippen LogP) is 3.64. The maximum Gasteiger partial charge on any atom is 0.266 e. The van der Waals surface area contributed by atoms with E-state index < -0.39 is 0 Å². The van der Waals surface area contributed by atoms with Gasteiger partial charge in [0.25, 0.3) is 11.8 Å². The summed E-state index contributed by atoms with van der Waals surface area (Å²) in [5, 5.41) is 8.21. The molecule has 1 fully saturated rings. The molecule has 2 aliphatic rings. The van der Waals surface area contributed by atoms with E-state index in [4.69, 9.17) is 16.0 Å². The standard InChI is InChI=1S/C20H19ClN6O2/c1-11-5-4-8-26(11)17-9-13-14(18(21)23-17)10-27(20(13)28)16-7-3-6-15(22-16)19-25-24-12(2)29-19/h3,6-7,9,11H,4-5,8,10H2,1-2H3. The first kappa shape index (κ1) is 18.1. The van der Waals surface area contributed by atoms with Gasteiger partial charge in [-0.25, -0.2) is 9.97 Å². The molecule has 3 aromatic heterocycles. The molecule has 29 heavy (non-hydrogen) atoms. The van der Waals surface area contributed by atoms with Gasteiger partial charge in [-0.2, -0.15) is 0 Å². The summed E-state index contributed by atoms with van der Waals surface area (Å²) in [4.78, 5) is 26.1.